The van der Waals surface area contributed by atoms with E-state index in [9.17, 15) is 0 Å². The standard InChI is InChI=1S/C23H23ClOS/c1-25-19-14-12-18(13-15-19)20-8-2-3-9-21(20)22-10-4-5-11-23(22)26-17-7-6-16-24/h2-5,8-15H,6-7,16-17H2,1H3. The van der Waals surface area contributed by atoms with E-state index in [0.29, 0.717) is 0 Å². The van der Waals surface area contributed by atoms with Crippen LogP contribution in [0.1, 0.15) is 12.8 Å². The molecule has 0 fully saturated rings. The van der Waals surface area contributed by atoms with Gasteiger partial charge in [-0.25, -0.2) is 0 Å². The second-order valence-electron chi connectivity index (χ2n) is 6.01. The van der Waals surface area contributed by atoms with E-state index in [-0.39, 0.29) is 0 Å². The molecule has 3 aromatic carbocycles. The molecule has 0 radical (unpaired) electrons. The molecule has 0 heterocycles. The Morgan fingerprint density at radius 3 is 2.12 bits per heavy atom. The first-order chi connectivity index (χ1) is 12.8. The molecule has 0 aliphatic heterocycles. The lowest BCUT2D eigenvalue weighted by molar-refractivity contribution is 0.415. The maximum Gasteiger partial charge on any atom is 0.118 e. The first-order valence-corrected chi connectivity index (χ1v) is 10.4. The van der Waals surface area contributed by atoms with Crippen molar-refractivity contribution in [1.82, 2.24) is 0 Å². The van der Waals surface area contributed by atoms with Gasteiger partial charge in [-0.3, -0.25) is 0 Å². The third-order valence-electron chi connectivity index (χ3n) is 4.29. The van der Waals surface area contributed by atoms with E-state index in [1.807, 2.05) is 23.9 Å². The molecular formula is C23H23ClOS. The molecule has 0 spiro atoms. The summed E-state index contributed by atoms with van der Waals surface area (Å²) in [6, 6.07) is 25.5. The van der Waals surface area contributed by atoms with E-state index in [1.54, 1.807) is 7.11 Å². The summed E-state index contributed by atoms with van der Waals surface area (Å²) in [4.78, 5) is 1.32. The van der Waals surface area contributed by atoms with E-state index < -0.39 is 0 Å². The van der Waals surface area contributed by atoms with Crippen LogP contribution in [-0.4, -0.2) is 18.7 Å². The number of unbranched alkanes of at least 4 members (excludes halogenated alkanes) is 1. The van der Waals surface area contributed by atoms with Crippen molar-refractivity contribution >= 4 is 23.4 Å². The van der Waals surface area contributed by atoms with Crippen LogP contribution >= 0.6 is 23.4 Å². The van der Waals surface area contributed by atoms with Gasteiger partial charge in [0.25, 0.3) is 0 Å². The van der Waals surface area contributed by atoms with Gasteiger partial charge >= 0.3 is 0 Å². The van der Waals surface area contributed by atoms with Crippen LogP contribution < -0.4 is 4.74 Å². The maximum atomic E-state index is 5.80. The minimum atomic E-state index is 0.739. The van der Waals surface area contributed by atoms with Crippen LogP contribution in [-0.2, 0) is 0 Å². The van der Waals surface area contributed by atoms with Crippen molar-refractivity contribution in [3.63, 3.8) is 0 Å². The van der Waals surface area contributed by atoms with E-state index in [4.69, 9.17) is 16.3 Å². The number of alkyl halides is 1. The molecule has 0 saturated heterocycles. The number of hydrogen-bond acceptors (Lipinski definition) is 2. The van der Waals surface area contributed by atoms with Gasteiger partial charge in [0.05, 0.1) is 7.11 Å². The normalized spacial score (nSPS) is 10.7. The number of hydrogen-bond donors (Lipinski definition) is 0. The van der Waals surface area contributed by atoms with Crippen molar-refractivity contribution in [3.8, 4) is 28.0 Å². The topological polar surface area (TPSA) is 9.23 Å². The molecule has 0 aliphatic rings. The lowest BCUT2D eigenvalue weighted by Crippen LogP contribution is -1.89. The zero-order chi connectivity index (χ0) is 18.2. The molecule has 0 bridgehead atoms. The third kappa shape index (κ3) is 4.63. The lowest BCUT2D eigenvalue weighted by Gasteiger charge is -2.14. The van der Waals surface area contributed by atoms with Crippen LogP contribution in [0.4, 0.5) is 0 Å². The lowest BCUT2D eigenvalue weighted by atomic mass is 9.94. The monoisotopic (exact) mass is 382 g/mol. The first-order valence-electron chi connectivity index (χ1n) is 8.85. The largest absolute Gasteiger partial charge is 0.497 e. The second-order valence-corrected chi connectivity index (χ2v) is 7.53. The van der Waals surface area contributed by atoms with Crippen LogP contribution in [0.2, 0.25) is 0 Å². The SMILES string of the molecule is COc1ccc(-c2ccccc2-c2ccccc2SCCCCCl)cc1. The molecular weight excluding hydrogens is 360 g/mol. The van der Waals surface area contributed by atoms with Gasteiger partial charge in [0.1, 0.15) is 5.75 Å². The van der Waals surface area contributed by atoms with Gasteiger partial charge in [-0.1, -0.05) is 54.6 Å². The predicted octanol–water partition coefficient (Wildman–Crippen LogP) is 7.14. The molecule has 1 nitrogen and oxygen atoms in total. The minimum absolute atomic E-state index is 0.739. The number of rotatable bonds is 8. The summed E-state index contributed by atoms with van der Waals surface area (Å²) < 4.78 is 5.29. The van der Waals surface area contributed by atoms with Crippen LogP contribution in [0.3, 0.4) is 0 Å². The summed E-state index contributed by atoms with van der Waals surface area (Å²) in [5.41, 5.74) is 4.99. The van der Waals surface area contributed by atoms with Crippen LogP contribution in [0, 0.1) is 0 Å². The molecule has 0 aliphatic carbocycles. The Morgan fingerprint density at radius 2 is 1.42 bits per heavy atom. The molecule has 0 atom stereocenters. The van der Waals surface area contributed by atoms with E-state index >= 15 is 0 Å². The highest BCUT2D eigenvalue weighted by Gasteiger charge is 2.11. The van der Waals surface area contributed by atoms with Crippen molar-refractivity contribution in [2.75, 3.05) is 18.7 Å². The molecule has 26 heavy (non-hydrogen) atoms. The third-order valence-corrected chi connectivity index (χ3v) is 5.72. The molecule has 0 saturated carbocycles. The van der Waals surface area contributed by atoms with Crippen molar-refractivity contribution < 1.29 is 4.74 Å². The fourth-order valence-electron chi connectivity index (χ4n) is 2.93. The number of halogens is 1. The molecule has 0 N–H and O–H groups in total. The quantitative estimate of drug-likeness (QED) is 0.232. The highest BCUT2D eigenvalue weighted by molar-refractivity contribution is 7.99. The molecule has 3 rings (SSSR count). The van der Waals surface area contributed by atoms with Crippen molar-refractivity contribution in [2.24, 2.45) is 0 Å². The van der Waals surface area contributed by atoms with Crippen molar-refractivity contribution in [2.45, 2.75) is 17.7 Å². The Bertz CT molecular complexity index is 830. The van der Waals surface area contributed by atoms with Crippen LogP contribution in [0.15, 0.2) is 77.7 Å². The molecule has 3 aromatic rings. The summed E-state index contributed by atoms with van der Waals surface area (Å²) in [6.45, 7) is 0. The maximum absolute atomic E-state index is 5.80. The van der Waals surface area contributed by atoms with Gasteiger partial charge in [0.15, 0.2) is 0 Å². The zero-order valence-electron chi connectivity index (χ0n) is 15.0. The highest BCUT2D eigenvalue weighted by atomic mass is 35.5. The zero-order valence-corrected chi connectivity index (χ0v) is 16.5. The number of benzene rings is 3. The average molecular weight is 383 g/mol. The van der Waals surface area contributed by atoms with Crippen LogP contribution in [0.25, 0.3) is 22.3 Å². The van der Waals surface area contributed by atoms with Gasteiger partial charge in [-0.2, -0.15) is 0 Å². The number of methoxy groups -OCH3 is 1. The van der Waals surface area contributed by atoms with Gasteiger partial charge < -0.3 is 4.74 Å². The molecule has 0 amide bonds. The Kier molecular flexibility index (Phi) is 7.04. The summed E-state index contributed by atoms with van der Waals surface area (Å²) in [6.07, 6.45) is 2.21. The number of ether oxygens (including phenoxy) is 1. The Hall–Kier alpha value is -1.90. The van der Waals surface area contributed by atoms with E-state index in [1.165, 1.54) is 27.1 Å². The van der Waals surface area contributed by atoms with Gasteiger partial charge in [-0.05, 0) is 59.0 Å². The summed E-state index contributed by atoms with van der Waals surface area (Å²) in [5, 5.41) is 0. The summed E-state index contributed by atoms with van der Waals surface area (Å²) in [5.74, 6) is 2.71. The minimum Gasteiger partial charge on any atom is -0.497 e. The van der Waals surface area contributed by atoms with Crippen LogP contribution in [0.5, 0.6) is 5.75 Å². The highest BCUT2D eigenvalue weighted by Crippen LogP contribution is 2.38. The Balaban J connectivity index is 1.95. The second kappa shape index (κ2) is 9.70. The fraction of sp³-hybridized carbons (Fsp3) is 0.217. The Morgan fingerprint density at radius 1 is 0.769 bits per heavy atom. The molecule has 0 aromatic heterocycles. The first kappa shape index (κ1) is 18.9. The number of thioether (sulfide) groups is 1. The average Bonchev–Trinajstić information content (AvgIpc) is 2.72. The smallest absolute Gasteiger partial charge is 0.118 e. The molecule has 3 heteroatoms. The predicted molar refractivity (Wildman–Crippen MR) is 115 cm³/mol. The van der Waals surface area contributed by atoms with Gasteiger partial charge in [0.2, 0.25) is 0 Å². The van der Waals surface area contributed by atoms with Crippen molar-refractivity contribution in [3.05, 3.63) is 72.8 Å². The molecule has 0 unspecified atom stereocenters. The van der Waals surface area contributed by atoms with Gasteiger partial charge in [0, 0.05) is 10.8 Å². The van der Waals surface area contributed by atoms with E-state index in [2.05, 4.69) is 60.7 Å². The van der Waals surface area contributed by atoms with Gasteiger partial charge in [-0.15, -0.1) is 23.4 Å². The summed E-state index contributed by atoms with van der Waals surface area (Å²) in [7, 11) is 1.70. The molecule has 134 valence electrons. The Labute approximate surface area is 165 Å². The van der Waals surface area contributed by atoms with E-state index in [0.717, 1.165) is 30.2 Å². The fourth-order valence-corrected chi connectivity index (χ4v) is 4.20. The van der Waals surface area contributed by atoms with Crippen molar-refractivity contribution in [1.29, 1.82) is 0 Å². The summed E-state index contributed by atoms with van der Waals surface area (Å²) >= 11 is 7.72.